The summed E-state index contributed by atoms with van der Waals surface area (Å²) in [7, 11) is 0. The zero-order valence-corrected chi connectivity index (χ0v) is 11.5. The van der Waals surface area contributed by atoms with Crippen LogP contribution in [0.5, 0.6) is 0 Å². The summed E-state index contributed by atoms with van der Waals surface area (Å²) in [5.74, 6) is -0.354. The second kappa shape index (κ2) is 5.79. The highest BCUT2D eigenvalue weighted by atomic mass is 35.5. The van der Waals surface area contributed by atoms with Crippen LogP contribution in [-0.2, 0) is 6.54 Å². The monoisotopic (exact) mass is 303 g/mol. The van der Waals surface area contributed by atoms with Crippen molar-refractivity contribution in [3.8, 4) is 0 Å². The summed E-state index contributed by atoms with van der Waals surface area (Å²) in [6, 6.07) is 9.79. The quantitative estimate of drug-likeness (QED) is 0.800. The molecule has 0 aliphatic rings. The lowest BCUT2D eigenvalue weighted by Crippen LogP contribution is -2.02. The molecule has 1 nitrogen and oxygen atoms in total. The van der Waals surface area contributed by atoms with Gasteiger partial charge < -0.3 is 5.32 Å². The fourth-order valence-electron chi connectivity index (χ4n) is 1.50. The van der Waals surface area contributed by atoms with Crippen molar-refractivity contribution in [3.05, 3.63) is 62.8 Å². The van der Waals surface area contributed by atoms with Gasteiger partial charge in [0, 0.05) is 17.1 Å². The Morgan fingerprint density at radius 3 is 2.56 bits per heavy atom. The Bertz CT molecular complexity index is 572. The van der Waals surface area contributed by atoms with E-state index in [4.69, 9.17) is 34.8 Å². The van der Waals surface area contributed by atoms with E-state index in [1.807, 2.05) is 0 Å². The van der Waals surface area contributed by atoms with E-state index in [2.05, 4.69) is 5.32 Å². The van der Waals surface area contributed by atoms with Gasteiger partial charge in [-0.05, 0) is 24.3 Å². The molecule has 0 aromatic heterocycles. The second-order valence-electron chi connectivity index (χ2n) is 3.69. The lowest BCUT2D eigenvalue weighted by Gasteiger charge is -2.10. The molecular weight excluding hydrogens is 296 g/mol. The lowest BCUT2D eigenvalue weighted by atomic mass is 10.2. The van der Waals surface area contributed by atoms with Gasteiger partial charge in [-0.25, -0.2) is 4.39 Å². The molecule has 0 atom stereocenters. The summed E-state index contributed by atoms with van der Waals surface area (Å²) in [5, 5.41) is 4.28. The summed E-state index contributed by atoms with van der Waals surface area (Å²) in [6.45, 7) is 0.309. The van der Waals surface area contributed by atoms with E-state index in [0.717, 1.165) is 0 Å². The first-order valence-corrected chi connectivity index (χ1v) is 6.33. The van der Waals surface area contributed by atoms with Gasteiger partial charge in [0.25, 0.3) is 0 Å². The number of anilines is 1. The first kappa shape index (κ1) is 13.5. The van der Waals surface area contributed by atoms with Crippen molar-refractivity contribution in [3.63, 3.8) is 0 Å². The van der Waals surface area contributed by atoms with Crippen LogP contribution in [0.2, 0.25) is 15.1 Å². The molecule has 0 fully saturated rings. The maximum absolute atomic E-state index is 13.5. The van der Waals surface area contributed by atoms with E-state index in [0.29, 0.717) is 32.9 Å². The number of rotatable bonds is 3. The Kier molecular flexibility index (Phi) is 4.33. The number of halogens is 4. The highest BCUT2D eigenvalue weighted by Crippen LogP contribution is 2.30. The molecule has 94 valence electrons. The Morgan fingerprint density at radius 2 is 1.83 bits per heavy atom. The maximum atomic E-state index is 13.5. The van der Waals surface area contributed by atoms with Crippen molar-refractivity contribution in [1.29, 1.82) is 0 Å². The van der Waals surface area contributed by atoms with Gasteiger partial charge in [0.2, 0.25) is 0 Å². The fourth-order valence-corrected chi connectivity index (χ4v) is 2.02. The zero-order chi connectivity index (χ0) is 13.1. The standard InChI is InChI=1S/C13H9Cl3FN/c14-9-5-4-8(11(17)6-9)7-18-12-3-1-2-10(15)13(12)16/h1-6,18H,7H2. The minimum atomic E-state index is -0.354. The zero-order valence-electron chi connectivity index (χ0n) is 9.18. The molecule has 0 radical (unpaired) electrons. The number of nitrogens with one attached hydrogen (secondary N) is 1. The van der Waals surface area contributed by atoms with E-state index in [-0.39, 0.29) is 5.82 Å². The van der Waals surface area contributed by atoms with Crippen LogP contribution >= 0.6 is 34.8 Å². The predicted molar refractivity (Wildman–Crippen MR) is 75.2 cm³/mol. The van der Waals surface area contributed by atoms with E-state index >= 15 is 0 Å². The third-order valence-electron chi connectivity index (χ3n) is 2.44. The molecule has 2 aromatic rings. The van der Waals surface area contributed by atoms with Gasteiger partial charge in [-0.1, -0.05) is 46.9 Å². The molecule has 18 heavy (non-hydrogen) atoms. The van der Waals surface area contributed by atoms with Gasteiger partial charge >= 0.3 is 0 Å². The van der Waals surface area contributed by atoms with Crippen molar-refractivity contribution in [2.24, 2.45) is 0 Å². The van der Waals surface area contributed by atoms with Crippen molar-refractivity contribution < 1.29 is 4.39 Å². The van der Waals surface area contributed by atoms with Crippen molar-refractivity contribution in [2.75, 3.05) is 5.32 Å². The fraction of sp³-hybridized carbons (Fsp3) is 0.0769. The number of hydrogen-bond donors (Lipinski definition) is 1. The van der Waals surface area contributed by atoms with Crippen LogP contribution in [0.25, 0.3) is 0 Å². The van der Waals surface area contributed by atoms with E-state index in [1.54, 1.807) is 30.3 Å². The summed E-state index contributed by atoms with van der Waals surface area (Å²) >= 11 is 17.6. The summed E-state index contributed by atoms with van der Waals surface area (Å²) in [6.07, 6.45) is 0. The van der Waals surface area contributed by atoms with Crippen LogP contribution in [0.1, 0.15) is 5.56 Å². The van der Waals surface area contributed by atoms with Crippen LogP contribution in [0.15, 0.2) is 36.4 Å². The normalized spacial score (nSPS) is 10.4. The maximum Gasteiger partial charge on any atom is 0.129 e. The topological polar surface area (TPSA) is 12.0 Å². The molecule has 0 spiro atoms. The van der Waals surface area contributed by atoms with Gasteiger partial charge in [0.05, 0.1) is 15.7 Å². The minimum Gasteiger partial charge on any atom is -0.380 e. The Hall–Kier alpha value is -0.960. The predicted octanol–water partition coefficient (Wildman–Crippen LogP) is 5.40. The molecule has 0 saturated heterocycles. The SMILES string of the molecule is Fc1cc(Cl)ccc1CNc1cccc(Cl)c1Cl. The van der Waals surface area contributed by atoms with Crippen molar-refractivity contribution in [2.45, 2.75) is 6.54 Å². The van der Waals surface area contributed by atoms with Gasteiger partial charge in [-0.15, -0.1) is 0 Å². The van der Waals surface area contributed by atoms with E-state index in [9.17, 15) is 4.39 Å². The van der Waals surface area contributed by atoms with Crippen LogP contribution in [-0.4, -0.2) is 0 Å². The van der Waals surface area contributed by atoms with Crippen LogP contribution in [0.3, 0.4) is 0 Å². The van der Waals surface area contributed by atoms with Gasteiger partial charge in [0.1, 0.15) is 5.82 Å². The van der Waals surface area contributed by atoms with Crippen LogP contribution in [0.4, 0.5) is 10.1 Å². The molecule has 2 aromatic carbocycles. The minimum absolute atomic E-state index is 0.309. The van der Waals surface area contributed by atoms with E-state index in [1.165, 1.54) is 6.07 Å². The lowest BCUT2D eigenvalue weighted by molar-refractivity contribution is 0.613. The first-order chi connectivity index (χ1) is 8.58. The highest BCUT2D eigenvalue weighted by molar-refractivity contribution is 6.43. The molecule has 0 unspecified atom stereocenters. The van der Waals surface area contributed by atoms with Crippen LogP contribution < -0.4 is 5.32 Å². The number of hydrogen-bond acceptors (Lipinski definition) is 1. The van der Waals surface area contributed by atoms with Gasteiger partial charge in [-0.3, -0.25) is 0 Å². The summed E-state index contributed by atoms with van der Waals surface area (Å²) in [4.78, 5) is 0. The van der Waals surface area contributed by atoms with Gasteiger partial charge in [0.15, 0.2) is 0 Å². The molecule has 1 N–H and O–H groups in total. The molecule has 0 heterocycles. The molecule has 0 aliphatic heterocycles. The molecule has 2 rings (SSSR count). The molecular formula is C13H9Cl3FN. The Labute approximate surface area is 119 Å². The molecule has 0 saturated carbocycles. The highest BCUT2D eigenvalue weighted by Gasteiger charge is 2.06. The molecule has 0 amide bonds. The second-order valence-corrected chi connectivity index (χ2v) is 4.91. The van der Waals surface area contributed by atoms with Crippen molar-refractivity contribution >= 4 is 40.5 Å². The molecule has 5 heteroatoms. The van der Waals surface area contributed by atoms with Gasteiger partial charge in [-0.2, -0.15) is 0 Å². The smallest absolute Gasteiger partial charge is 0.129 e. The molecule has 0 bridgehead atoms. The first-order valence-electron chi connectivity index (χ1n) is 5.20. The average molecular weight is 305 g/mol. The number of benzene rings is 2. The molecule has 0 aliphatic carbocycles. The third-order valence-corrected chi connectivity index (χ3v) is 3.49. The Morgan fingerprint density at radius 1 is 1.06 bits per heavy atom. The van der Waals surface area contributed by atoms with E-state index < -0.39 is 0 Å². The summed E-state index contributed by atoms with van der Waals surface area (Å²) in [5.41, 5.74) is 1.17. The Balaban J connectivity index is 2.14. The van der Waals surface area contributed by atoms with Crippen LogP contribution in [0, 0.1) is 5.82 Å². The van der Waals surface area contributed by atoms with Crippen molar-refractivity contribution in [1.82, 2.24) is 0 Å². The average Bonchev–Trinajstić information content (AvgIpc) is 2.33. The third kappa shape index (κ3) is 3.08. The summed E-state index contributed by atoms with van der Waals surface area (Å²) < 4.78 is 13.5. The largest absolute Gasteiger partial charge is 0.380 e.